The smallest absolute Gasteiger partial charge is 0.490 e. The van der Waals surface area contributed by atoms with E-state index >= 15 is 0 Å². The van der Waals surface area contributed by atoms with Gasteiger partial charge in [-0.2, -0.15) is 18.4 Å². The number of nitrogens with zero attached hydrogens (tertiary/aromatic N) is 2. The molecule has 13 heteroatoms. The molecule has 0 saturated carbocycles. The van der Waals surface area contributed by atoms with Gasteiger partial charge in [-0.15, -0.1) is 0 Å². The largest absolute Gasteiger partial charge is 0.507 e. The van der Waals surface area contributed by atoms with Crippen LogP contribution >= 0.6 is 23.2 Å². The maximum absolute atomic E-state index is 10.7. The number of aromatic hydroxyl groups is 1. The quantitative estimate of drug-likeness (QED) is 0.291. The molecule has 1 fully saturated rings. The Morgan fingerprint density at radius 2 is 1.97 bits per heavy atom. The number of pyridine rings is 1. The lowest BCUT2D eigenvalue weighted by molar-refractivity contribution is -0.192. The minimum Gasteiger partial charge on any atom is -0.507 e. The van der Waals surface area contributed by atoms with Gasteiger partial charge < -0.3 is 26.0 Å². The summed E-state index contributed by atoms with van der Waals surface area (Å²) in [6.07, 6.45) is -3.12. The molecular formula is C26H23Cl2F3N4O4. The Kier molecular flexibility index (Phi) is 9.86. The summed E-state index contributed by atoms with van der Waals surface area (Å²) in [5, 5.41) is 31.9. The summed E-state index contributed by atoms with van der Waals surface area (Å²) in [6, 6.07) is 14.2. The molecule has 0 radical (unpaired) electrons. The number of nitriles is 1. The summed E-state index contributed by atoms with van der Waals surface area (Å²) >= 11 is 12.2. The van der Waals surface area contributed by atoms with E-state index in [0.717, 1.165) is 37.1 Å². The number of ether oxygens (including phenoxy) is 1. The van der Waals surface area contributed by atoms with Crippen LogP contribution in [0.3, 0.4) is 0 Å². The molecule has 0 aliphatic carbocycles. The van der Waals surface area contributed by atoms with Crippen LogP contribution in [0.15, 0.2) is 42.5 Å². The molecule has 1 unspecified atom stereocenters. The van der Waals surface area contributed by atoms with Crippen molar-refractivity contribution in [1.29, 1.82) is 5.26 Å². The van der Waals surface area contributed by atoms with Crippen molar-refractivity contribution in [3.63, 3.8) is 0 Å². The normalized spacial score (nSPS) is 15.0. The van der Waals surface area contributed by atoms with Crippen LogP contribution in [0.25, 0.3) is 11.3 Å². The third-order valence-electron chi connectivity index (χ3n) is 5.83. The van der Waals surface area contributed by atoms with Crippen LogP contribution < -0.4 is 15.8 Å². The van der Waals surface area contributed by atoms with E-state index < -0.39 is 12.1 Å². The molecule has 1 aromatic heterocycles. The topological polar surface area (TPSA) is 141 Å². The lowest BCUT2D eigenvalue weighted by Gasteiger charge is -2.25. The van der Waals surface area contributed by atoms with Crippen molar-refractivity contribution in [2.24, 2.45) is 0 Å². The van der Waals surface area contributed by atoms with Crippen molar-refractivity contribution in [2.45, 2.75) is 31.5 Å². The lowest BCUT2D eigenvalue weighted by atomic mass is 9.88. The Hall–Kier alpha value is -3.72. The van der Waals surface area contributed by atoms with Crippen LogP contribution in [0.4, 0.5) is 19.0 Å². The van der Waals surface area contributed by atoms with Crippen molar-refractivity contribution in [3.8, 4) is 28.8 Å². The Bertz CT molecular complexity index is 1390. The monoisotopic (exact) mass is 582 g/mol. The molecular weight excluding hydrogens is 560 g/mol. The van der Waals surface area contributed by atoms with E-state index in [2.05, 4.69) is 16.4 Å². The number of carboxylic acids is 1. The number of aliphatic carboxylic acids is 1. The second-order valence-corrected chi connectivity index (χ2v) is 9.33. The first-order chi connectivity index (χ1) is 18.4. The van der Waals surface area contributed by atoms with E-state index in [1.807, 2.05) is 6.07 Å². The molecule has 5 N–H and O–H groups in total. The van der Waals surface area contributed by atoms with E-state index in [0.29, 0.717) is 32.6 Å². The minimum atomic E-state index is -5.08. The molecule has 206 valence electrons. The van der Waals surface area contributed by atoms with Gasteiger partial charge in [0.15, 0.2) is 0 Å². The lowest BCUT2D eigenvalue weighted by Crippen LogP contribution is -2.29. The maximum Gasteiger partial charge on any atom is 0.490 e. The first-order valence-corrected chi connectivity index (χ1v) is 12.3. The molecule has 39 heavy (non-hydrogen) atoms. The Morgan fingerprint density at radius 1 is 1.26 bits per heavy atom. The van der Waals surface area contributed by atoms with Crippen LogP contribution in [0.2, 0.25) is 10.0 Å². The van der Waals surface area contributed by atoms with Gasteiger partial charge in [0.25, 0.3) is 0 Å². The van der Waals surface area contributed by atoms with Crippen LogP contribution in [0.1, 0.15) is 35.4 Å². The number of rotatable bonds is 5. The molecule has 2 aromatic carbocycles. The second kappa shape index (κ2) is 12.9. The van der Waals surface area contributed by atoms with Crippen molar-refractivity contribution in [3.05, 3.63) is 69.2 Å². The van der Waals surface area contributed by atoms with E-state index in [-0.39, 0.29) is 24.1 Å². The van der Waals surface area contributed by atoms with Gasteiger partial charge in [0.2, 0.25) is 0 Å². The number of nitrogens with one attached hydrogen (secondary N) is 1. The highest BCUT2D eigenvalue weighted by Gasteiger charge is 2.38. The number of piperidine rings is 1. The molecule has 0 amide bonds. The number of carbonyl (C=O) groups is 1. The fourth-order valence-electron chi connectivity index (χ4n) is 3.97. The number of halogens is 5. The average molecular weight is 583 g/mol. The third kappa shape index (κ3) is 7.66. The number of anilines is 1. The zero-order valence-corrected chi connectivity index (χ0v) is 21.7. The van der Waals surface area contributed by atoms with Crippen molar-refractivity contribution >= 4 is 35.0 Å². The predicted octanol–water partition coefficient (Wildman–Crippen LogP) is 5.89. The Balaban J connectivity index is 0.000000532. The molecule has 1 saturated heterocycles. The second-order valence-electron chi connectivity index (χ2n) is 8.49. The summed E-state index contributed by atoms with van der Waals surface area (Å²) in [4.78, 5) is 13.3. The number of hydrogen-bond acceptors (Lipinski definition) is 7. The van der Waals surface area contributed by atoms with Crippen LogP contribution in [0, 0.1) is 11.3 Å². The van der Waals surface area contributed by atoms with Crippen molar-refractivity contribution in [1.82, 2.24) is 10.3 Å². The SMILES string of the molecule is N#Cc1c(C2CCCNC2)cc(-c2c(O)cccc2OCc2ccc(Cl)cc2Cl)nc1N.O=C(O)C(F)(F)F. The first kappa shape index (κ1) is 29.8. The van der Waals surface area contributed by atoms with Gasteiger partial charge in [-0.3, -0.25) is 0 Å². The van der Waals surface area contributed by atoms with Gasteiger partial charge in [0.1, 0.15) is 30.0 Å². The summed E-state index contributed by atoms with van der Waals surface area (Å²) in [7, 11) is 0. The molecule has 8 nitrogen and oxygen atoms in total. The van der Waals surface area contributed by atoms with Crippen LogP contribution in [-0.4, -0.2) is 40.4 Å². The first-order valence-electron chi connectivity index (χ1n) is 11.5. The molecule has 2 heterocycles. The molecule has 1 atom stereocenters. The fraction of sp³-hybridized carbons (Fsp3) is 0.269. The highest BCUT2D eigenvalue weighted by molar-refractivity contribution is 6.35. The number of phenolic OH excluding ortho intramolecular Hbond substituents is 1. The maximum atomic E-state index is 10.7. The van der Waals surface area contributed by atoms with Crippen LogP contribution in [-0.2, 0) is 11.4 Å². The van der Waals surface area contributed by atoms with Crippen molar-refractivity contribution in [2.75, 3.05) is 18.8 Å². The standard InChI is InChI=1S/C24H22Cl2N4O2.C2HF3O2/c25-16-7-6-15(19(26)9-16)13-32-22-5-1-4-21(31)23(22)20-10-17(14-3-2-8-29-12-14)18(11-27)24(28)30-20;3-2(4,5)1(6)7/h1,4-7,9-10,14,29,31H,2-3,8,12-13H2,(H2,28,30);(H,6,7). The van der Waals surface area contributed by atoms with E-state index in [1.54, 1.807) is 36.4 Å². The van der Waals surface area contributed by atoms with Gasteiger partial charge in [-0.25, -0.2) is 9.78 Å². The fourth-order valence-corrected chi connectivity index (χ4v) is 4.43. The van der Waals surface area contributed by atoms with Gasteiger partial charge in [0, 0.05) is 22.2 Å². The van der Waals surface area contributed by atoms with Gasteiger partial charge in [0.05, 0.1) is 16.8 Å². The molecule has 0 bridgehead atoms. The number of phenols is 1. The zero-order valence-electron chi connectivity index (χ0n) is 20.2. The zero-order chi connectivity index (χ0) is 28.7. The molecule has 3 aromatic rings. The summed E-state index contributed by atoms with van der Waals surface area (Å²) in [5.74, 6) is -2.03. The number of nitrogen functional groups attached to an aromatic ring is 1. The van der Waals surface area contributed by atoms with Gasteiger partial charge >= 0.3 is 12.1 Å². The highest BCUT2D eigenvalue weighted by Crippen LogP contribution is 2.40. The van der Waals surface area contributed by atoms with E-state index in [1.165, 1.54) is 0 Å². The molecule has 1 aliphatic heterocycles. The molecule has 4 rings (SSSR count). The number of carboxylic acid groups (broad SMARTS) is 1. The summed E-state index contributed by atoms with van der Waals surface area (Å²) < 4.78 is 37.8. The highest BCUT2D eigenvalue weighted by atomic mass is 35.5. The predicted molar refractivity (Wildman–Crippen MR) is 140 cm³/mol. The number of nitrogens with two attached hydrogens (primary N) is 1. The summed E-state index contributed by atoms with van der Waals surface area (Å²) in [5.41, 5.74) is 9.01. The average Bonchev–Trinajstić information content (AvgIpc) is 2.88. The molecule has 1 aliphatic rings. The number of alkyl halides is 3. The third-order valence-corrected chi connectivity index (χ3v) is 6.41. The number of benzene rings is 2. The summed E-state index contributed by atoms with van der Waals surface area (Å²) in [6.45, 7) is 1.89. The number of hydrogen-bond donors (Lipinski definition) is 4. The van der Waals surface area contributed by atoms with E-state index in [4.69, 9.17) is 43.6 Å². The van der Waals surface area contributed by atoms with Crippen LogP contribution in [0.5, 0.6) is 11.5 Å². The van der Waals surface area contributed by atoms with E-state index in [9.17, 15) is 23.5 Å². The van der Waals surface area contributed by atoms with Gasteiger partial charge in [-0.05, 0) is 61.2 Å². The molecule has 0 spiro atoms. The Labute approximate surface area is 231 Å². The Morgan fingerprint density at radius 3 is 2.56 bits per heavy atom. The van der Waals surface area contributed by atoms with Gasteiger partial charge in [-0.1, -0.05) is 35.3 Å². The van der Waals surface area contributed by atoms with Crippen molar-refractivity contribution < 1.29 is 32.9 Å². The number of aromatic nitrogens is 1. The minimum absolute atomic E-state index is 0.00836.